The Morgan fingerprint density at radius 2 is 1.47 bits per heavy atom. The Kier molecular flexibility index (Phi) is 4.87. The fourth-order valence-electron chi connectivity index (χ4n) is 3.23. The maximum atomic E-state index is 12.7. The Hall–Kier alpha value is -0.170. The van der Waals surface area contributed by atoms with Gasteiger partial charge in [-0.15, -0.1) is 0 Å². The molecule has 0 N–H and O–H groups in total. The van der Waals surface area contributed by atoms with Crippen molar-refractivity contribution in [1.29, 1.82) is 0 Å². The summed E-state index contributed by atoms with van der Waals surface area (Å²) in [5.41, 5.74) is 0. The van der Waals surface area contributed by atoms with Crippen molar-refractivity contribution in [3.63, 3.8) is 0 Å². The second-order valence-electron chi connectivity index (χ2n) is 6.10. The molecule has 5 nitrogen and oxygen atoms in total. The monoisotopic (exact) mass is 289 g/mol. The highest BCUT2D eigenvalue weighted by Gasteiger charge is 2.35. The fraction of sp³-hybridized carbons (Fsp3) is 1.00. The Morgan fingerprint density at radius 3 is 1.95 bits per heavy atom. The van der Waals surface area contributed by atoms with Crippen LogP contribution < -0.4 is 0 Å². The maximum absolute atomic E-state index is 12.7. The topological polar surface area (TPSA) is 43.9 Å². The average Bonchev–Trinajstić information content (AvgIpc) is 2.37. The van der Waals surface area contributed by atoms with Gasteiger partial charge in [0, 0.05) is 39.3 Å². The summed E-state index contributed by atoms with van der Waals surface area (Å²) in [6.45, 7) is 11.8. The number of piperazine rings is 1. The van der Waals surface area contributed by atoms with Gasteiger partial charge in [0.05, 0.1) is 0 Å². The molecule has 2 heterocycles. The number of hydrogen-bond donors (Lipinski definition) is 0. The van der Waals surface area contributed by atoms with Crippen LogP contribution in [0.3, 0.4) is 0 Å². The molecule has 6 heteroatoms. The zero-order valence-electron chi connectivity index (χ0n) is 12.4. The number of nitrogens with zero attached hydrogens (tertiary/aromatic N) is 3. The molecule has 2 atom stereocenters. The van der Waals surface area contributed by atoms with Crippen molar-refractivity contribution in [3.8, 4) is 0 Å². The minimum absolute atomic E-state index is 0.468. The van der Waals surface area contributed by atoms with Crippen molar-refractivity contribution < 1.29 is 8.42 Å². The lowest BCUT2D eigenvalue weighted by Crippen LogP contribution is -2.55. The summed E-state index contributed by atoms with van der Waals surface area (Å²) < 4.78 is 28.7. The molecule has 2 aliphatic rings. The van der Waals surface area contributed by atoms with Crippen molar-refractivity contribution in [2.45, 2.75) is 27.2 Å². The van der Waals surface area contributed by atoms with E-state index in [0.29, 0.717) is 38.0 Å². The molecule has 0 bridgehead atoms. The third-order valence-electron chi connectivity index (χ3n) is 4.27. The number of hydrogen-bond acceptors (Lipinski definition) is 3. The molecular formula is C13H27N3O2S. The fourth-order valence-corrected chi connectivity index (χ4v) is 5.07. The quantitative estimate of drug-likeness (QED) is 0.773. The van der Waals surface area contributed by atoms with Gasteiger partial charge in [-0.1, -0.05) is 20.8 Å². The highest BCUT2D eigenvalue weighted by molar-refractivity contribution is 7.86. The van der Waals surface area contributed by atoms with E-state index in [0.717, 1.165) is 26.1 Å². The predicted octanol–water partition coefficient (Wildman–Crippen LogP) is 0.847. The highest BCUT2D eigenvalue weighted by atomic mass is 32.2. The van der Waals surface area contributed by atoms with Gasteiger partial charge in [-0.3, -0.25) is 0 Å². The molecule has 2 rings (SSSR count). The second kappa shape index (κ2) is 6.08. The van der Waals surface area contributed by atoms with E-state index in [-0.39, 0.29) is 0 Å². The summed E-state index contributed by atoms with van der Waals surface area (Å²) in [7, 11) is -3.24. The van der Waals surface area contributed by atoms with Gasteiger partial charge >= 0.3 is 0 Å². The van der Waals surface area contributed by atoms with Crippen LogP contribution in [0.5, 0.6) is 0 Å². The van der Waals surface area contributed by atoms with E-state index in [1.807, 2.05) is 0 Å². The molecule has 2 saturated heterocycles. The summed E-state index contributed by atoms with van der Waals surface area (Å²) in [6, 6.07) is 0. The largest absolute Gasteiger partial charge is 0.301 e. The van der Waals surface area contributed by atoms with Crippen molar-refractivity contribution >= 4 is 10.2 Å². The second-order valence-corrected chi connectivity index (χ2v) is 8.03. The lowest BCUT2D eigenvalue weighted by Gasteiger charge is -2.40. The van der Waals surface area contributed by atoms with Gasteiger partial charge in [-0.25, -0.2) is 0 Å². The van der Waals surface area contributed by atoms with E-state index in [1.54, 1.807) is 8.61 Å². The van der Waals surface area contributed by atoms with Crippen LogP contribution in [0.25, 0.3) is 0 Å². The van der Waals surface area contributed by atoms with Crippen LogP contribution in [0.15, 0.2) is 0 Å². The first kappa shape index (κ1) is 15.2. The Morgan fingerprint density at radius 1 is 0.947 bits per heavy atom. The lowest BCUT2D eigenvalue weighted by molar-refractivity contribution is 0.171. The molecule has 0 aliphatic carbocycles. The lowest BCUT2D eigenvalue weighted by atomic mass is 9.94. The summed E-state index contributed by atoms with van der Waals surface area (Å²) in [6.07, 6.45) is 1.13. The third kappa shape index (κ3) is 3.48. The molecule has 2 aliphatic heterocycles. The molecule has 112 valence electrons. The van der Waals surface area contributed by atoms with Gasteiger partial charge in [0.2, 0.25) is 0 Å². The number of likely N-dealkylation sites (N-methyl/N-ethyl adjacent to an activating group) is 1. The van der Waals surface area contributed by atoms with E-state index >= 15 is 0 Å². The van der Waals surface area contributed by atoms with Gasteiger partial charge in [-0.2, -0.15) is 17.0 Å². The molecule has 0 saturated carbocycles. The molecule has 19 heavy (non-hydrogen) atoms. The van der Waals surface area contributed by atoms with Crippen LogP contribution in [-0.4, -0.2) is 67.7 Å². The van der Waals surface area contributed by atoms with Gasteiger partial charge in [-0.05, 0) is 24.8 Å². The molecule has 0 aromatic heterocycles. The van der Waals surface area contributed by atoms with E-state index in [9.17, 15) is 8.42 Å². The smallest absolute Gasteiger partial charge is 0.282 e. The predicted molar refractivity (Wildman–Crippen MR) is 77.1 cm³/mol. The standard InChI is InChI=1S/C13H27N3O2S/c1-4-14-5-7-15(8-6-14)19(17,18)16-10-12(2)9-13(3)11-16/h12-13H,4-11H2,1-3H3. The van der Waals surface area contributed by atoms with Crippen molar-refractivity contribution in [3.05, 3.63) is 0 Å². The Labute approximate surface area is 117 Å². The minimum atomic E-state index is -3.24. The first-order chi connectivity index (χ1) is 8.93. The first-order valence-electron chi connectivity index (χ1n) is 7.41. The zero-order valence-corrected chi connectivity index (χ0v) is 13.2. The van der Waals surface area contributed by atoms with Gasteiger partial charge < -0.3 is 4.90 Å². The van der Waals surface area contributed by atoms with E-state index in [4.69, 9.17) is 0 Å². The minimum Gasteiger partial charge on any atom is -0.301 e. The molecule has 2 unspecified atom stereocenters. The normalized spacial score (nSPS) is 32.6. The molecule has 0 spiro atoms. The Balaban J connectivity index is 2.02. The van der Waals surface area contributed by atoms with E-state index < -0.39 is 10.2 Å². The van der Waals surface area contributed by atoms with Crippen LogP contribution in [0, 0.1) is 11.8 Å². The number of rotatable bonds is 3. The molecular weight excluding hydrogens is 262 g/mol. The van der Waals surface area contributed by atoms with Crippen LogP contribution in [0.4, 0.5) is 0 Å². The van der Waals surface area contributed by atoms with Crippen LogP contribution in [0.2, 0.25) is 0 Å². The summed E-state index contributed by atoms with van der Waals surface area (Å²) in [5.74, 6) is 0.936. The van der Waals surface area contributed by atoms with Crippen LogP contribution in [-0.2, 0) is 10.2 Å². The van der Waals surface area contributed by atoms with Gasteiger partial charge in [0.15, 0.2) is 0 Å². The SMILES string of the molecule is CCN1CCN(S(=O)(=O)N2CC(C)CC(C)C2)CC1. The summed E-state index contributed by atoms with van der Waals surface area (Å²) in [4.78, 5) is 2.30. The highest BCUT2D eigenvalue weighted by Crippen LogP contribution is 2.25. The van der Waals surface area contributed by atoms with Crippen LogP contribution >= 0.6 is 0 Å². The maximum Gasteiger partial charge on any atom is 0.282 e. The molecule has 0 aromatic rings. The van der Waals surface area contributed by atoms with Crippen molar-refractivity contribution in [2.24, 2.45) is 11.8 Å². The average molecular weight is 289 g/mol. The molecule has 0 aromatic carbocycles. The molecule has 2 fully saturated rings. The Bertz CT molecular complexity index is 381. The van der Waals surface area contributed by atoms with Crippen molar-refractivity contribution in [1.82, 2.24) is 13.5 Å². The van der Waals surface area contributed by atoms with Gasteiger partial charge in [0.25, 0.3) is 10.2 Å². The van der Waals surface area contributed by atoms with E-state index in [1.165, 1.54) is 0 Å². The summed E-state index contributed by atoms with van der Waals surface area (Å²) in [5, 5.41) is 0. The van der Waals surface area contributed by atoms with Gasteiger partial charge in [0.1, 0.15) is 0 Å². The van der Waals surface area contributed by atoms with E-state index in [2.05, 4.69) is 25.7 Å². The molecule has 0 amide bonds. The number of piperidine rings is 1. The third-order valence-corrected chi connectivity index (χ3v) is 6.23. The zero-order chi connectivity index (χ0) is 14.0. The first-order valence-corrected chi connectivity index (χ1v) is 8.80. The summed E-state index contributed by atoms with van der Waals surface area (Å²) >= 11 is 0. The molecule has 0 radical (unpaired) electrons. The van der Waals surface area contributed by atoms with Crippen molar-refractivity contribution in [2.75, 3.05) is 45.8 Å². The van der Waals surface area contributed by atoms with Crippen LogP contribution in [0.1, 0.15) is 27.2 Å².